The first-order valence-electron chi connectivity index (χ1n) is 16.4. The summed E-state index contributed by atoms with van der Waals surface area (Å²) in [7, 11) is -3.00. The third kappa shape index (κ3) is 5.06. The van der Waals surface area contributed by atoms with Gasteiger partial charge in [0.2, 0.25) is 11.8 Å². The number of benzene rings is 4. The fourth-order valence-corrected chi connectivity index (χ4v) is 13.1. The number of carbonyl (C=O) groups excluding carboxylic acids is 2. The lowest BCUT2D eigenvalue weighted by Crippen LogP contribution is -2.67. The molecule has 2 heterocycles. The number of imide groups is 1. The molecular formula is C39H41NO6Si. The largest absolute Gasteiger partial charge is 0.508 e. The maximum Gasteiger partial charge on any atom is 0.261 e. The quantitative estimate of drug-likeness (QED) is 0.202. The van der Waals surface area contributed by atoms with Crippen LogP contribution >= 0.6 is 0 Å². The fourth-order valence-electron chi connectivity index (χ4n) is 8.45. The van der Waals surface area contributed by atoms with Gasteiger partial charge in [-0.2, -0.15) is 0 Å². The summed E-state index contributed by atoms with van der Waals surface area (Å²) in [6, 6.07) is 36.5. The Morgan fingerprint density at radius 1 is 0.809 bits per heavy atom. The van der Waals surface area contributed by atoms with Gasteiger partial charge in [0.1, 0.15) is 5.75 Å². The van der Waals surface area contributed by atoms with Crippen LogP contribution in [0.5, 0.6) is 5.75 Å². The minimum Gasteiger partial charge on any atom is -0.508 e. The van der Waals surface area contributed by atoms with E-state index in [1.54, 1.807) is 30.3 Å². The van der Waals surface area contributed by atoms with E-state index >= 15 is 0 Å². The SMILES string of the molecule is CC(C)(C)[Si](OC[C@H]1C[C@@H]2C(=O)N(c3ccccc3)C(=O)[C@@H]2[C@@H]2C[C@@H](c3ccccc3O)O[C@]12O)(c1ccccc1)c1ccccc1. The predicted molar refractivity (Wildman–Crippen MR) is 183 cm³/mol. The van der Waals surface area contributed by atoms with Gasteiger partial charge in [0.15, 0.2) is 5.79 Å². The third-order valence-electron chi connectivity index (χ3n) is 10.6. The number of rotatable bonds is 7. The summed E-state index contributed by atoms with van der Waals surface area (Å²) in [5.74, 6) is -4.95. The Morgan fingerprint density at radius 3 is 1.94 bits per heavy atom. The average Bonchev–Trinajstić information content (AvgIpc) is 3.55. The van der Waals surface area contributed by atoms with Gasteiger partial charge in [0, 0.05) is 24.0 Å². The average molecular weight is 648 g/mol. The second-order valence-electron chi connectivity index (χ2n) is 14.1. The lowest BCUT2D eigenvalue weighted by Gasteiger charge is -2.48. The van der Waals surface area contributed by atoms with Crippen molar-refractivity contribution in [3.8, 4) is 5.75 Å². The van der Waals surface area contributed by atoms with Crippen molar-refractivity contribution >= 4 is 36.2 Å². The van der Waals surface area contributed by atoms with Crippen LogP contribution in [0.1, 0.15) is 45.3 Å². The number of ether oxygens (including phenoxy) is 1. The molecule has 0 spiro atoms. The van der Waals surface area contributed by atoms with E-state index in [-0.39, 0.29) is 42.1 Å². The maximum atomic E-state index is 14.1. The smallest absolute Gasteiger partial charge is 0.261 e. The molecule has 1 saturated carbocycles. The minimum absolute atomic E-state index is 0.0659. The number of fused-ring (bicyclic) bond motifs is 3. The molecule has 7 rings (SSSR count). The molecule has 8 heteroatoms. The van der Waals surface area contributed by atoms with E-state index in [0.29, 0.717) is 11.3 Å². The number of phenolic OH excluding ortho intramolecular Hbond substituents is 1. The fraction of sp³-hybridized carbons (Fsp3) is 0.333. The molecular weight excluding hydrogens is 607 g/mol. The molecule has 2 N–H and O–H groups in total. The van der Waals surface area contributed by atoms with E-state index in [4.69, 9.17) is 9.16 Å². The lowest BCUT2D eigenvalue weighted by atomic mass is 9.64. The van der Waals surface area contributed by atoms with Gasteiger partial charge in [0.25, 0.3) is 8.32 Å². The molecule has 2 saturated heterocycles. The molecule has 4 aromatic carbocycles. The normalized spacial score (nSPS) is 27.5. The van der Waals surface area contributed by atoms with Crippen molar-refractivity contribution in [1.82, 2.24) is 0 Å². The molecule has 3 fully saturated rings. The van der Waals surface area contributed by atoms with Gasteiger partial charge in [-0.25, -0.2) is 0 Å². The van der Waals surface area contributed by atoms with Crippen LogP contribution in [-0.2, 0) is 18.8 Å². The second-order valence-corrected chi connectivity index (χ2v) is 18.5. The predicted octanol–water partition coefficient (Wildman–Crippen LogP) is 5.56. The third-order valence-corrected chi connectivity index (χ3v) is 15.6. The number of hydrogen-bond acceptors (Lipinski definition) is 6. The summed E-state index contributed by atoms with van der Waals surface area (Å²) in [5.41, 5.74) is 1.08. The summed E-state index contributed by atoms with van der Waals surface area (Å²) in [6.45, 7) is 6.73. The van der Waals surface area contributed by atoms with E-state index in [2.05, 4.69) is 45.0 Å². The summed E-state index contributed by atoms with van der Waals surface area (Å²) in [4.78, 5) is 29.5. The summed E-state index contributed by atoms with van der Waals surface area (Å²) >= 11 is 0. The number of phenols is 1. The number of amides is 2. The molecule has 47 heavy (non-hydrogen) atoms. The highest BCUT2D eigenvalue weighted by Crippen LogP contribution is 2.59. The molecule has 3 aliphatic rings. The van der Waals surface area contributed by atoms with Gasteiger partial charge >= 0.3 is 0 Å². The van der Waals surface area contributed by atoms with Crippen molar-refractivity contribution in [3.05, 3.63) is 121 Å². The van der Waals surface area contributed by atoms with Gasteiger partial charge < -0.3 is 19.4 Å². The standard InChI is InChI=1S/C39H41NO6Si/c1-38(2,3)47(28-17-9-5-10-18-28,29-19-11-6-12-20-29)45-25-26-23-31-35(37(43)40(36(31)42)27-15-7-4-8-16-27)32-24-34(46-39(26,32)44)30-21-13-14-22-33(30)41/h4-22,26,31-32,34-35,41,44H,23-25H2,1-3H3/t26-,31+,32+,34+,35+,39-/m1/s1. The zero-order valence-corrected chi connectivity index (χ0v) is 28.0. The van der Waals surface area contributed by atoms with Crippen LogP contribution in [0.4, 0.5) is 5.69 Å². The summed E-state index contributed by atoms with van der Waals surface area (Å²) in [6.07, 6.45) is -0.141. The van der Waals surface area contributed by atoms with Gasteiger partial charge in [-0.3, -0.25) is 14.5 Å². The molecule has 6 atom stereocenters. The maximum absolute atomic E-state index is 14.1. The molecule has 0 aromatic heterocycles. The molecule has 242 valence electrons. The van der Waals surface area contributed by atoms with Crippen LogP contribution in [0.15, 0.2) is 115 Å². The van der Waals surface area contributed by atoms with Crippen molar-refractivity contribution in [2.75, 3.05) is 11.5 Å². The Bertz CT molecular complexity index is 1720. The van der Waals surface area contributed by atoms with E-state index in [1.165, 1.54) is 4.90 Å². The Labute approximate surface area is 276 Å². The van der Waals surface area contributed by atoms with Crippen LogP contribution in [0.25, 0.3) is 0 Å². The van der Waals surface area contributed by atoms with Crippen molar-refractivity contribution in [1.29, 1.82) is 0 Å². The van der Waals surface area contributed by atoms with E-state index < -0.39 is 43.9 Å². The molecule has 0 bridgehead atoms. The first-order chi connectivity index (χ1) is 22.6. The van der Waals surface area contributed by atoms with Crippen LogP contribution < -0.4 is 15.3 Å². The first-order valence-corrected chi connectivity index (χ1v) is 18.3. The molecule has 7 nitrogen and oxygen atoms in total. The summed E-state index contributed by atoms with van der Waals surface area (Å²) < 4.78 is 13.9. The molecule has 2 aliphatic heterocycles. The first kappa shape index (κ1) is 31.5. The monoisotopic (exact) mass is 647 g/mol. The van der Waals surface area contributed by atoms with Crippen LogP contribution in [0.3, 0.4) is 0 Å². The number of aliphatic hydroxyl groups is 1. The highest BCUT2D eigenvalue weighted by Gasteiger charge is 2.67. The lowest BCUT2D eigenvalue weighted by molar-refractivity contribution is -0.273. The van der Waals surface area contributed by atoms with Gasteiger partial charge in [-0.05, 0) is 46.5 Å². The Kier molecular flexibility index (Phi) is 7.95. The van der Waals surface area contributed by atoms with Crippen molar-refractivity contribution < 1.29 is 29.0 Å². The van der Waals surface area contributed by atoms with Gasteiger partial charge in [-0.15, -0.1) is 0 Å². The number of aromatic hydroxyl groups is 1. The molecule has 2 amide bonds. The Hall–Kier alpha value is -4.08. The number of anilines is 1. The number of carbonyl (C=O) groups is 2. The van der Waals surface area contributed by atoms with Gasteiger partial charge in [-0.1, -0.05) is 118 Å². The topological polar surface area (TPSA) is 96.3 Å². The van der Waals surface area contributed by atoms with Crippen molar-refractivity contribution in [3.63, 3.8) is 0 Å². The highest BCUT2D eigenvalue weighted by molar-refractivity contribution is 6.99. The zero-order chi connectivity index (χ0) is 33.0. The summed E-state index contributed by atoms with van der Waals surface area (Å²) in [5, 5.41) is 25.4. The number of nitrogens with zero attached hydrogens (tertiary/aromatic N) is 1. The van der Waals surface area contributed by atoms with Crippen molar-refractivity contribution in [2.24, 2.45) is 23.7 Å². The Balaban J connectivity index is 1.31. The number of hydrogen-bond donors (Lipinski definition) is 2. The van der Waals surface area contributed by atoms with Crippen molar-refractivity contribution in [2.45, 2.75) is 50.5 Å². The molecule has 4 aromatic rings. The number of para-hydroxylation sites is 2. The van der Waals surface area contributed by atoms with Gasteiger partial charge in [0.05, 0.1) is 23.6 Å². The van der Waals surface area contributed by atoms with E-state index in [9.17, 15) is 19.8 Å². The van der Waals surface area contributed by atoms with E-state index in [1.807, 2.05) is 60.7 Å². The van der Waals surface area contributed by atoms with Crippen LogP contribution in [0.2, 0.25) is 5.04 Å². The van der Waals surface area contributed by atoms with E-state index in [0.717, 1.165) is 10.4 Å². The Morgan fingerprint density at radius 2 is 1.36 bits per heavy atom. The molecule has 0 radical (unpaired) electrons. The minimum atomic E-state index is -3.00. The zero-order valence-electron chi connectivity index (χ0n) is 27.0. The second kappa shape index (κ2) is 11.9. The van der Waals surface area contributed by atoms with Crippen LogP contribution in [0, 0.1) is 23.7 Å². The highest BCUT2D eigenvalue weighted by atomic mass is 28.4. The molecule has 0 unspecified atom stereocenters. The van der Waals surface area contributed by atoms with Crippen LogP contribution in [-0.4, -0.2) is 42.7 Å². The molecule has 1 aliphatic carbocycles.